The first kappa shape index (κ1) is 5.41. The summed E-state index contributed by atoms with van der Waals surface area (Å²) in [7, 11) is 3.58. The fraction of sp³-hybridized carbons (Fsp3) is 0. The number of hydrogen-bond acceptors (Lipinski definition) is 2. The van der Waals surface area contributed by atoms with Gasteiger partial charge in [0.15, 0.2) is 0 Å². The van der Waals surface area contributed by atoms with Gasteiger partial charge in [-0.25, -0.2) is 4.69 Å². The zero-order valence-corrected chi connectivity index (χ0v) is 6.44. The van der Waals surface area contributed by atoms with E-state index in [1.807, 2.05) is 0 Å². The van der Waals surface area contributed by atoms with Crippen molar-refractivity contribution in [1.82, 2.24) is 0 Å². The van der Waals surface area contributed by atoms with Crippen LogP contribution in [0.15, 0.2) is 4.69 Å². The van der Waals surface area contributed by atoms with Gasteiger partial charge < -0.3 is 20.7 Å². The number of rotatable bonds is 0. The monoisotopic (exact) mass is 166 g/mol. The third-order valence-corrected chi connectivity index (χ3v) is 0.866. The predicted molar refractivity (Wildman–Crippen MR) is 17.8 cm³/mol. The van der Waals surface area contributed by atoms with Crippen molar-refractivity contribution in [1.29, 1.82) is 0 Å². The molecule has 0 aliphatic carbocycles. The summed E-state index contributed by atoms with van der Waals surface area (Å²) in [5.74, 6) is 0. The van der Waals surface area contributed by atoms with Gasteiger partial charge in [0.2, 0.25) is 0 Å². The van der Waals surface area contributed by atoms with E-state index in [4.69, 9.17) is 0 Å². The van der Waals surface area contributed by atoms with Crippen LogP contribution >= 0.6 is 20.7 Å². The summed E-state index contributed by atoms with van der Waals surface area (Å²) in [6.07, 6.45) is 0. The van der Waals surface area contributed by atoms with Crippen LogP contribution in [0.5, 0.6) is 0 Å². The molecule has 0 spiro atoms. The molecular weight excluding hydrogens is 165 g/mol. The van der Waals surface area contributed by atoms with E-state index in [1.165, 1.54) is 0 Å². The van der Waals surface area contributed by atoms with Gasteiger partial charge in [0, 0.05) is 32.7 Å². The summed E-state index contributed by atoms with van der Waals surface area (Å²) >= 11 is 0. The third-order valence-electron chi connectivity index (χ3n) is 0.0962. The van der Waals surface area contributed by atoms with E-state index in [0.29, 0.717) is 0 Å². The van der Waals surface area contributed by atoms with Gasteiger partial charge in [-0.3, -0.25) is 0 Å². The molecule has 3 heteroatoms. The molecule has 0 atom stereocenters. The Morgan fingerprint density at radius 1 is 1.25 bits per heavy atom. The van der Waals surface area contributed by atoms with Crippen LogP contribution in [0.25, 0.3) is 0 Å². The Labute approximate surface area is 57.5 Å². The molecule has 0 saturated carbocycles. The van der Waals surface area contributed by atoms with Crippen molar-refractivity contribution in [2.24, 2.45) is 0 Å². The third kappa shape index (κ3) is 3.41. The van der Waals surface area contributed by atoms with Crippen molar-refractivity contribution < 1.29 is 32.7 Å². The van der Waals surface area contributed by atoms with Crippen molar-refractivity contribution in [2.45, 2.75) is 0 Å². The van der Waals surface area contributed by atoms with Gasteiger partial charge in [-0.1, -0.05) is 0 Å². The Morgan fingerprint density at radius 2 is 1.50 bits per heavy atom. The Morgan fingerprint density at radius 3 is 1.50 bits per heavy atom. The van der Waals surface area contributed by atoms with Crippen molar-refractivity contribution in [3.05, 3.63) is 4.69 Å². The molecule has 0 N–H and O–H groups in total. The minimum absolute atomic E-state index is 0. The molecule has 0 aromatic carbocycles. The van der Waals surface area contributed by atoms with Crippen LogP contribution < -0.4 is 0 Å². The van der Waals surface area contributed by atoms with Crippen LogP contribution in [0.4, 0.5) is 0 Å². The average Bonchev–Trinajstić information content (AvgIpc) is 1.46. The van der Waals surface area contributed by atoms with Gasteiger partial charge in [0.1, 0.15) is 0 Å². The van der Waals surface area contributed by atoms with Crippen molar-refractivity contribution in [2.75, 3.05) is 0 Å². The molecular formula is CHS2Y-. The first-order valence-electron chi connectivity index (χ1n) is 0.638. The Kier molecular flexibility index (Phi) is 3.57. The summed E-state index contributed by atoms with van der Waals surface area (Å²) in [4.78, 5) is 0. The largest absolute Gasteiger partial charge is 0.308 e. The minimum Gasteiger partial charge on any atom is -0.308 e. The average molecular weight is 166 g/mol. The first-order valence-corrected chi connectivity index (χ1v) is 2.91. The molecule has 0 bridgehead atoms. The van der Waals surface area contributed by atoms with E-state index >= 15 is 0 Å². The second-order valence-electron chi connectivity index (χ2n) is 0.289. The van der Waals surface area contributed by atoms with Crippen LogP contribution in [0.2, 0.25) is 0 Å². The topological polar surface area (TPSA) is 0 Å². The van der Waals surface area contributed by atoms with Gasteiger partial charge in [-0.2, -0.15) is 0 Å². The van der Waals surface area contributed by atoms with E-state index in [0.717, 1.165) is 0 Å². The van der Waals surface area contributed by atoms with E-state index in [-0.39, 0.29) is 32.7 Å². The maximum Gasteiger partial charge on any atom is 0 e. The van der Waals surface area contributed by atoms with Gasteiger partial charge in [-0.05, 0) is 0 Å². The molecule has 0 fully saturated rings. The molecule has 1 heterocycles. The second kappa shape index (κ2) is 2.64. The van der Waals surface area contributed by atoms with Crippen LogP contribution in [0.1, 0.15) is 0 Å². The van der Waals surface area contributed by atoms with E-state index < -0.39 is 0 Å². The van der Waals surface area contributed by atoms with Crippen molar-refractivity contribution in [3.8, 4) is 0 Å². The molecule has 0 aliphatic heterocycles. The Hall–Kier alpha value is 1.41. The summed E-state index contributed by atoms with van der Waals surface area (Å²) in [5, 5.41) is 0. The molecule has 1 aromatic rings. The molecule has 1 rings (SSSR count). The molecule has 1 radical (unpaired) electrons. The Balaban J connectivity index is 0.0000000900. The molecule has 0 nitrogen and oxygen atoms in total. The molecule has 4 heavy (non-hydrogen) atoms. The molecule has 0 amide bonds. The van der Waals surface area contributed by atoms with Gasteiger partial charge in [0.05, 0.1) is 0 Å². The van der Waals surface area contributed by atoms with E-state index in [2.05, 4.69) is 4.69 Å². The zero-order valence-electron chi connectivity index (χ0n) is 1.97. The molecule has 1 aromatic heterocycles. The van der Waals surface area contributed by atoms with E-state index in [1.54, 1.807) is 20.7 Å². The Bertz CT molecular complexity index is 34.1. The summed E-state index contributed by atoms with van der Waals surface area (Å²) in [6, 6.07) is 0. The van der Waals surface area contributed by atoms with Crippen molar-refractivity contribution >= 4 is 20.7 Å². The number of hydrogen-bond donors (Lipinski definition) is 0. The molecule has 21 valence electrons. The first-order chi connectivity index (χ1) is 1.50. The maximum absolute atomic E-state index is 2.08. The minimum atomic E-state index is 0. The standard InChI is InChI=1S/CHS2.Y/c1-2-3-1;/h1H;/q-1;. The summed E-state index contributed by atoms with van der Waals surface area (Å²) in [5.41, 5.74) is 0. The molecule has 0 saturated heterocycles. The van der Waals surface area contributed by atoms with E-state index in [9.17, 15) is 0 Å². The van der Waals surface area contributed by atoms with Gasteiger partial charge >= 0.3 is 0 Å². The van der Waals surface area contributed by atoms with Gasteiger partial charge in [-0.15, -0.1) is 0 Å². The smallest absolute Gasteiger partial charge is 0 e. The fourth-order valence-electron chi connectivity index (χ4n) is 0. The quantitative estimate of drug-likeness (QED) is 0.405. The van der Waals surface area contributed by atoms with Gasteiger partial charge in [0.25, 0.3) is 0 Å². The zero-order chi connectivity index (χ0) is 2.12. The summed E-state index contributed by atoms with van der Waals surface area (Å²) in [6.45, 7) is 0. The van der Waals surface area contributed by atoms with Crippen LogP contribution in [-0.4, -0.2) is 0 Å². The maximum atomic E-state index is 2.08. The second-order valence-corrected chi connectivity index (χ2v) is 2.60. The normalized spacial score (nSPS) is 6.00. The van der Waals surface area contributed by atoms with Crippen LogP contribution in [-0.2, 0) is 32.7 Å². The van der Waals surface area contributed by atoms with Crippen LogP contribution in [0.3, 0.4) is 0 Å². The molecule has 0 aliphatic rings. The SMILES string of the molecule is [Y].[cH-]1ss1. The van der Waals surface area contributed by atoms with Crippen molar-refractivity contribution in [3.63, 3.8) is 0 Å². The molecule has 0 unspecified atom stereocenters. The fourth-order valence-corrected chi connectivity index (χ4v) is 0. The summed E-state index contributed by atoms with van der Waals surface area (Å²) < 4.78 is 2.08. The predicted octanol–water partition coefficient (Wildman–Crippen LogP) is 1.53. The van der Waals surface area contributed by atoms with Crippen LogP contribution in [0, 0.1) is 0 Å².